The van der Waals surface area contributed by atoms with E-state index in [-0.39, 0.29) is 0 Å². The zero-order chi connectivity index (χ0) is 14.6. The fourth-order valence-electron chi connectivity index (χ4n) is 3.07. The summed E-state index contributed by atoms with van der Waals surface area (Å²) in [5.74, 6) is -0.0328. The number of anilines is 1. The van der Waals surface area contributed by atoms with Crippen LogP contribution in [0.25, 0.3) is 0 Å². The Morgan fingerprint density at radius 1 is 1.35 bits per heavy atom. The number of aliphatic carboxylic acids is 1. The molecule has 0 spiro atoms. The lowest BCUT2D eigenvalue weighted by Crippen LogP contribution is -2.49. The van der Waals surface area contributed by atoms with Crippen molar-refractivity contribution in [3.05, 3.63) is 28.7 Å². The van der Waals surface area contributed by atoms with E-state index in [9.17, 15) is 9.90 Å². The summed E-state index contributed by atoms with van der Waals surface area (Å²) < 4.78 is 0.999. The van der Waals surface area contributed by atoms with E-state index in [1.165, 1.54) is 12.8 Å². The molecule has 0 bridgehead atoms. The molecule has 2 rings (SSSR count). The van der Waals surface area contributed by atoms with Gasteiger partial charge in [-0.05, 0) is 55.9 Å². The first-order valence-corrected chi connectivity index (χ1v) is 8.12. The second-order valence-corrected chi connectivity index (χ2v) is 6.67. The zero-order valence-corrected chi connectivity index (χ0v) is 13.4. The van der Waals surface area contributed by atoms with E-state index in [4.69, 9.17) is 0 Å². The number of carbonyl (C=O) groups is 1. The van der Waals surface area contributed by atoms with Crippen molar-refractivity contribution in [2.75, 3.05) is 5.32 Å². The summed E-state index contributed by atoms with van der Waals surface area (Å²) in [6.07, 6.45) is 5.83. The Morgan fingerprint density at radius 3 is 2.45 bits per heavy atom. The summed E-state index contributed by atoms with van der Waals surface area (Å²) in [6.45, 7) is 2.19. The van der Waals surface area contributed by atoms with E-state index in [1.54, 1.807) is 0 Å². The van der Waals surface area contributed by atoms with Crippen molar-refractivity contribution in [1.29, 1.82) is 0 Å². The zero-order valence-electron chi connectivity index (χ0n) is 11.9. The number of rotatable bonds is 5. The third kappa shape index (κ3) is 3.54. The first-order valence-electron chi connectivity index (χ1n) is 7.33. The molecule has 1 aromatic rings. The molecule has 20 heavy (non-hydrogen) atoms. The molecule has 0 radical (unpaired) electrons. The average molecular weight is 340 g/mol. The van der Waals surface area contributed by atoms with Crippen LogP contribution in [-0.4, -0.2) is 16.6 Å². The lowest BCUT2D eigenvalue weighted by Gasteiger charge is -2.38. The Balaban J connectivity index is 2.08. The minimum atomic E-state index is -0.794. The number of hydrogen-bond acceptors (Lipinski definition) is 2. The summed E-state index contributed by atoms with van der Waals surface area (Å²) in [5, 5.41) is 12.9. The molecule has 0 amide bonds. The molecule has 2 N–H and O–H groups in total. The summed E-state index contributed by atoms with van der Waals surface area (Å²) in [6, 6.07) is 7.71. The Morgan fingerprint density at radius 2 is 1.95 bits per heavy atom. The van der Waals surface area contributed by atoms with Crippen molar-refractivity contribution in [3.63, 3.8) is 0 Å². The van der Waals surface area contributed by atoms with Gasteiger partial charge in [0.25, 0.3) is 0 Å². The Hall–Kier alpha value is -1.03. The van der Waals surface area contributed by atoms with Crippen LogP contribution in [0.1, 0.15) is 45.4 Å². The molecule has 0 unspecified atom stereocenters. The lowest BCUT2D eigenvalue weighted by atomic mass is 9.75. The van der Waals surface area contributed by atoms with Gasteiger partial charge in [-0.15, -0.1) is 0 Å². The molecule has 1 fully saturated rings. The smallest absolute Gasteiger partial charge is 0.329 e. The van der Waals surface area contributed by atoms with Gasteiger partial charge < -0.3 is 10.4 Å². The van der Waals surface area contributed by atoms with Crippen molar-refractivity contribution >= 4 is 27.6 Å². The molecule has 3 nitrogen and oxygen atoms in total. The minimum absolute atomic E-state index is 0.694. The molecule has 1 saturated carbocycles. The summed E-state index contributed by atoms with van der Waals surface area (Å²) in [4.78, 5) is 11.7. The first kappa shape index (κ1) is 15.4. The Kier molecular flexibility index (Phi) is 5.08. The normalized spacial score (nSPS) is 26.2. The quantitative estimate of drug-likeness (QED) is 0.819. The molecular formula is C16H22BrNO2. The number of hydrogen-bond donors (Lipinski definition) is 2. The molecule has 1 aliphatic rings. The number of nitrogens with one attached hydrogen (secondary N) is 1. The van der Waals surface area contributed by atoms with Gasteiger partial charge in [0.05, 0.1) is 0 Å². The van der Waals surface area contributed by atoms with Gasteiger partial charge >= 0.3 is 5.97 Å². The van der Waals surface area contributed by atoms with Crippen LogP contribution in [0.2, 0.25) is 0 Å². The predicted octanol–water partition coefficient (Wildman–Crippen LogP) is 4.67. The van der Waals surface area contributed by atoms with Crippen molar-refractivity contribution in [3.8, 4) is 0 Å². The van der Waals surface area contributed by atoms with Gasteiger partial charge in [0.1, 0.15) is 5.54 Å². The second-order valence-electron chi connectivity index (χ2n) is 5.75. The van der Waals surface area contributed by atoms with E-state index < -0.39 is 11.5 Å². The highest BCUT2D eigenvalue weighted by atomic mass is 79.9. The highest BCUT2D eigenvalue weighted by Gasteiger charge is 2.41. The van der Waals surface area contributed by atoms with Gasteiger partial charge in [0.2, 0.25) is 0 Å². The van der Waals surface area contributed by atoms with Gasteiger partial charge in [-0.2, -0.15) is 0 Å². The molecule has 4 heteroatoms. The highest BCUT2D eigenvalue weighted by Crippen LogP contribution is 2.37. The maximum absolute atomic E-state index is 11.7. The fourth-order valence-corrected chi connectivity index (χ4v) is 3.33. The first-order chi connectivity index (χ1) is 9.55. The molecule has 110 valence electrons. The molecule has 1 aromatic carbocycles. The number of halogens is 1. The average Bonchev–Trinajstić information content (AvgIpc) is 2.44. The molecule has 1 aliphatic carbocycles. The Labute approximate surface area is 128 Å². The topological polar surface area (TPSA) is 49.3 Å². The molecule has 0 aliphatic heterocycles. The van der Waals surface area contributed by atoms with Crippen LogP contribution >= 0.6 is 15.9 Å². The van der Waals surface area contributed by atoms with Gasteiger partial charge in [-0.1, -0.05) is 35.7 Å². The summed E-state index contributed by atoms with van der Waals surface area (Å²) in [5.41, 5.74) is 0.0856. The van der Waals surface area contributed by atoms with E-state index in [0.717, 1.165) is 23.0 Å². The molecule has 0 saturated heterocycles. The van der Waals surface area contributed by atoms with Crippen molar-refractivity contribution in [2.45, 2.75) is 51.0 Å². The second kappa shape index (κ2) is 6.61. The summed E-state index contributed by atoms with van der Waals surface area (Å²) in [7, 11) is 0. The van der Waals surface area contributed by atoms with Gasteiger partial charge in [-0.3, -0.25) is 0 Å². The van der Waals surface area contributed by atoms with E-state index >= 15 is 0 Å². The molecular weight excluding hydrogens is 318 g/mol. The highest BCUT2D eigenvalue weighted by molar-refractivity contribution is 9.10. The van der Waals surface area contributed by atoms with Crippen LogP contribution in [0.4, 0.5) is 5.69 Å². The maximum Gasteiger partial charge on any atom is 0.329 e. The predicted molar refractivity (Wildman–Crippen MR) is 85.0 cm³/mol. The van der Waals surface area contributed by atoms with Crippen LogP contribution in [0.3, 0.4) is 0 Å². The number of benzene rings is 1. The van der Waals surface area contributed by atoms with Crippen molar-refractivity contribution in [1.82, 2.24) is 0 Å². The van der Waals surface area contributed by atoms with Crippen LogP contribution in [0.15, 0.2) is 28.7 Å². The summed E-state index contributed by atoms with van der Waals surface area (Å²) >= 11 is 3.39. The molecule has 0 aromatic heterocycles. The van der Waals surface area contributed by atoms with Gasteiger partial charge in [0, 0.05) is 10.2 Å². The standard InChI is InChI=1S/C16H22BrNO2/c1-2-3-12-8-10-16(11-9-12,15(19)20)18-14-6-4-13(17)5-7-14/h4-7,12,18H,2-3,8-11H2,1H3,(H,19,20). The SMILES string of the molecule is CCCC1CCC(Nc2ccc(Br)cc2)(C(=O)O)CC1. The maximum atomic E-state index is 11.7. The van der Waals surface area contributed by atoms with E-state index in [1.807, 2.05) is 24.3 Å². The Bertz CT molecular complexity index is 450. The minimum Gasteiger partial charge on any atom is -0.480 e. The van der Waals surface area contributed by atoms with Crippen LogP contribution in [-0.2, 0) is 4.79 Å². The third-order valence-corrected chi connectivity index (χ3v) is 4.82. The number of carboxylic acids is 1. The number of carboxylic acid groups (broad SMARTS) is 1. The van der Waals surface area contributed by atoms with E-state index in [2.05, 4.69) is 28.2 Å². The lowest BCUT2D eigenvalue weighted by molar-refractivity contribution is -0.143. The van der Waals surface area contributed by atoms with E-state index in [0.29, 0.717) is 18.8 Å². The van der Waals surface area contributed by atoms with Crippen LogP contribution in [0, 0.1) is 5.92 Å². The largest absolute Gasteiger partial charge is 0.480 e. The van der Waals surface area contributed by atoms with Crippen LogP contribution < -0.4 is 5.32 Å². The third-order valence-electron chi connectivity index (χ3n) is 4.29. The fraction of sp³-hybridized carbons (Fsp3) is 0.562. The van der Waals surface area contributed by atoms with Gasteiger partial charge in [0.15, 0.2) is 0 Å². The van der Waals surface area contributed by atoms with Crippen LogP contribution in [0.5, 0.6) is 0 Å². The molecule has 0 heterocycles. The van der Waals surface area contributed by atoms with Gasteiger partial charge in [-0.25, -0.2) is 4.79 Å². The monoisotopic (exact) mass is 339 g/mol. The molecule has 0 atom stereocenters. The van der Waals surface area contributed by atoms with Crippen molar-refractivity contribution < 1.29 is 9.90 Å². The van der Waals surface area contributed by atoms with Crippen molar-refractivity contribution in [2.24, 2.45) is 5.92 Å².